The molecule has 17 heteroatoms. The van der Waals surface area contributed by atoms with Gasteiger partial charge in [-0.2, -0.15) is 13.1 Å². The standard InChI is InChI=1S/C32H47N5O6S.H2O4S/c1-8-43-32(39)37-14-12-36(13-15-37)31(38)28(17-23-10-9-11-24(16-23)30(33)34-40)35-44(41,42)29-26(21(4)5)18-25(20(2)3)19-27(29)22(6)7;1-5(2,3)4/h9-11,16,18-22,28,35,40H,8,12-15,17H2,1-7H3,(H2,33,34);(H2,1,2,3,4). The zero-order chi connectivity index (χ0) is 37.3. The Kier molecular flexibility index (Phi) is 15.0. The minimum absolute atomic E-state index is 0.0286. The molecule has 0 radical (unpaired) electrons. The number of carbonyl (C=O) groups is 2. The zero-order valence-corrected chi connectivity index (χ0v) is 30.6. The summed E-state index contributed by atoms with van der Waals surface area (Å²) in [5, 5.41) is 12.2. The predicted octanol–water partition coefficient (Wildman–Crippen LogP) is 3.69. The van der Waals surface area contributed by atoms with Gasteiger partial charge in [-0.05, 0) is 59.4 Å². The molecule has 49 heavy (non-hydrogen) atoms. The van der Waals surface area contributed by atoms with Crippen LogP contribution in [0.25, 0.3) is 0 Å². The van der Waals surface area contributed by atoms with Crippen molar-refractivity contribution in [2.24, 2.45) is 10.9 Å². The fourth-order valence-corrected chi connectivity index (χ4v) is 7.21. The normalized spacial score (nSPS) is 14.9. The maximum absolute atomic E-state index is 14.4. The predicted molar refractivity (Wildman–Crippen MR) is 185 cm³/mol. The van der Waals surface area contributed by atoms with Crippen LogP contribution in [0.15, 0.2) is 46.4 Å². The van der Waals surface area contributed by atoms with Gasteiger partial charge < -0.3 is 25.5 Å². The summed E-state index contributed by atoms with van der Waals surface area (Å²) in [6, 6.07) is 9.56. The SMILES string of the molecule is CCOC(=O)N1CCN(C(=O)C(Cc2cccc(/C(N)=N\O)c2)NS(=O)(=O)c2c(C(C)C)cc(C(C)C)cc2C(C)C)CC1.O=S(=O)(O)O. The molecule has 274 valence electrons. The third kappa shape index (κ3) is 12.3. The quantitative estimate of drug-likeness (QED) is 0.0737. The van der Waals surface area contributed by atoms with Gasteiger partial charge in [0.15, 0.2) is 5.84 Å². The molecule has 0 aliphatic carbocycles. The first kappa shape index (κ1) is 41.4. The van der Waals surface area contributed by atoms with Crippen LogP contribution in [0.3, 0.4) is 0 Å². The van der Waals surface area contributed by atoms with E-state index in [1.54, 1.807) is 36.1 Å². The summed E-state index contributed by atoms with van der Waals surface area (Å²) in [5.41, 5.74) is 9.34. The van der Waals surface area contributed by atoms with Crippen LogP contribution in [0, 0.1) is 0 Å². The molecule has 3 rings (SSSR count). The monoisotopic (exact) mass is 727 g/mol. The Bertz CT molecular complexity index is 1670. The lowest BCUT2D eigenvalue weighted by molar-refractivity contribution is -0.134. The van der Waals surface area contributed by atoms with Gasteiger partial charge in [0, 0.05) is 31.7 Å². The summed E-state index contributed by atoms with van der Waals surface area (Å²) < 4.78 is 68.2. The van der Waals surface area contributed by atoms with Crippen molar-refractivity contribution in [3.8, 4) is 0 Å². The topological polar surface area (TPSA) is 229 Å². The first-order chi connectivity index (χ1) is 22.7. The Labute approximate surface area is 289 Å². The molecule has 1 heterocycles. The summed E-state index contributed by atoms with van der Waals surface area (Å²) in [5.74, 6) is -0.457. The van der Waals surface area contributed by atoms with Crippen molar-refractivity contribution >= 4 is 38.3 Å². The second kappa shape index (κ2) is 17.8. The van der Waals surface area contributed by atoms with Gasteiger partial charge in [0.25, 0.3) is 0 Å². The zero-order valence-electron chi connectivity index (χ0n) is 29.0. The van der Waals surface area contributed by atoms with Gasteiger partial charge in [-0.3, -0.25) is 13.9 Å². The van der Waals surface area contributed by atoms with Crippen molar-refractivity contribution in [3.63, 3.8) is 0 Å². The second-order valence-corrected chi connectivity index (χ2v) is 15.1. The molecule has 0 saturated carbocycles. The van der Waals surface area contributed by atoms with E-state index < -0.39 is 38.5 Å². The number of benzene rings is 2. The molecular formula is C32H49N5O10S2. The van der Waals surface area contributed by atoms with Crippen molar-refractivity contribution in [2.45, 2.75) is 83.6 Å². The molecule has 1 aliphatic heterocycles. The van der Waals surface area contributed by atoms with Crippen molar-refractivity contribution in [1.82, 2.24) is 14.5 Å². The van der Waals surface area contributed by atoms with E-state index in [4.69, 9.17) is 33.2 Å². The highest BCUT2D eigenvalue weighted by atomic mass is 32.3. The minimum Gasteiger partial charge on any atom is -0.450 e. The largest absolute Gasteiger partial charge is 0.450 e. The maximum atomic E-state index is 14.4. The molecule has 1 saturated heterocycles. The molecule has 15 nitrogen and oxygen atoms in total. The summed E-state index contributed by atoms with van der Waals surface area (Å²) in [4.78, 5) is 29.6. The number of nitrogens with zero attached hydrogens (tertiary/aromatic N) is 3. The highest BCUT2D eigenvalue weighted by Crippen LogP contribution is 2.35. The van der Waals surface area contributed by atoms with Gasteiger partial charge in [0.2, 0.25) is 15.9 Å². The average Bonchev–Trinajstić information content (AvgIpc) is 3.02. The summed E-state index contributed by atoms with van der Waals surface area (Å²) >= 11 is 0. The van der Waals surface area contributed by atoms with Crippen molar-refractivity contribution < 1.29 is 45.5 Å². The molecular weight excluding hydrogens is 679 g/mol. The molecule has 1 aliphatic rings. The van der Waals surface area contributed by atoms with E-state index in [1.165, 1.54) is 4.90 Å². The number of hydrogen-bond acceptors (Lipinski definition) is 9. The Morgan fingerprint density at radius 3 is 1.86 bits per heavy atom. The first-order valence-corrected chi connectivity index (χ1v) is 18.7. The molecule has 2 amide bonds. The van der Waals surface area contributed by atoms with E-state index >= 15 is 0 Å². The number of nitrogens with two attached hydrogens (primary N) is 1. The van der Waals surface area contributed by atoms with Crippen LogP contribution >= 0.6 is 0 Å². The lowest BCUT2D eigenvalue weighted by atomic mass is 9.89. The molecule has 0 aromatic heterocycles. The van der Waals surface area contributed by atoms with Crippen LogP contribution in [0.5, 0.6) is 0 Å². The van der Waals surface area contributed by atoms with Crippen molar-refractivity contribution in [1.29, 1.82) is 0 Å². The number of nitrogens with one attached hydrogen (secondary N) is 1. The number of amides is 2. The highest BCUT2D eigenvalue weighted by Gasteiger charge is 2.35. The average molecular weight is 728 g/mol. The summed E-state index contributed by atoms with van der Waals surface area (Å²) in [6.07, 6.45) is -0.412. The van der Waals surface area contributed by atoms with Crippen LogP contribution in [0.2, 0.25) is 0 Å². The van der Waals surface area contributed by atoms with Gasteiger partial charge >= 0.3 is 16.5 Å². The lowest BCUT2D eigenvalue weighted by Crippen LogP contribution is -2.56. The van der Waals surface area contributed by atoms with Gasteiger partial charge in [-0.25, -0.2) is 13.2 Å². The maximum Gasteiger partial charge on any atom is 0.409 e. The Morgan fingerprint density at radius 2 is 1.41 bits per heavy atom. The fraction of sp³-hybridized carbons (Fsp3) is 0.531. The number of carbonyl (C=O) groups excluding carboxylic acids is 2. The van der Waals surface area contributed by atoms with Crippen molar-refractivity contribution in [2.75, 3.05) is 32.8 Å². The van der Waals surface area contributed by atoms with Crippen LogP contribution < -0.4 is 10.5 Å². The Balaban J connectivity index is 0.00000155. The van der Waals surface area contributed by atoms with Crippen LogP contribution in [0.1, 0.15) is 94.0 Å². The summed E-state index contributed by atoms with van der Waals surface area (Å²) in [6.45, 7) is 15.0. The van der Waals surface area contributed by atoms with E-state index in [1.807, 2.05) is 39.8 Å². The number of sulfonamides is 1. The molecule has 1 atom stereocenters. The smallest absolute Gasteiger partial charge is 0.409 e. The lowest BCUT2D eigenvalue weighted by Gasteiger charge is -2.36. The third-order valence-corrected chi connectivity index (χ3v) is 9.43. The van der Waals surface area contributed by atoms with Crippen LogP contribution in [-0.2, 0) is 36.4 Å². The molecule has 2 aromatic rings. The van der Waals surface area contributed by atoms with Crippen LogP contribution in [0.4, 0.5) is 4.79 Å². The first-order valence-electron chi connectivity index (χ1n) is 15.9. The molecule has 6 N–H and O–H groups in total. The van der Waals surface area contributed by atoms with E-state index in [0.717, 1.165) is 5.56 Å². The second-order valence-electron chi connectivity index (χ2n) is 12.5. The van der Waals surface area contributed by atoms with E-state index in [9.17, 15) is 18.0 Å². The van der Waals surface area contributed by atoms with E-state index in [0.29, 0.717) is 22.3 Å². The third-order valence-electron chi connectivity index (χ3n) is 7.83. The fourth-order valence-electron chi connectivity index (χ4n) is 5.32. The number of ether oxygens (including phenoxy) is 1. The minimum atomic E-state index is -4.67. The Hall–Kier alpha value is -3.77. The molecule has 0 bridgehead atoms. The number of hydrogen-bond donors (Lipinski definition) is 5. The van der Waals surface area contributed by atoms with Gasteiger partial charge in [-0.1, -0.05) is 77.0 Å². The number of piperazine rings is 1. The number of amidine groups is 1. The van der Waals surface area contributed by atoms with Gasteiger partial charge in [0.1, 0.15) is 6.04 Å². The van der Waals surface area contributed by atoms with Crippen molar-refractivity contribution in [3.05, 3.63) is 64.2 Å². The Morgan fingerprint density at radius 1 is 0.898 bits per heavy atom. The van der Waals surface area contributed by atoms with Crippen LogP contribution in [-0.4, -0.2) is 97.6 Å². The van der Waals surface area contributed by atoms with Gasteiger partial charge in [0.05, 0.1) is 11.5 Å². The summed E-state index contributed by atoms with van der Waals surface area (Å²) in [7, 11) is -8.86. The highest BCUT2D eigenvalue weighted by molar-refractivity contribution is 7.89. The molecule has 1 fully saturated rings. The molecule has 1 unspecified atom stereocenters. The number of rotatable bonds is 11. The van der Waals surface area contributed by atoms with Gasteiger partial charge in [-0.15, -0.1) is 0 Å². The van der Waals surface area contributed by atoms with E-state index in [2.05, 4.69) is 23.7 Å². The molecule has 0 spiro atoms. The van der Waals surface area contributed by atoms with E-state index in [-0.39, 0.29) is 67.7 Å². The number of oxime groups is 1. The molecule has 2 aromatic carbocycles.